The number of rotatable bonds is 4. The summed E-state index contributed by atoms with van der Waals surface area (Å²) in [6, 6.07) is 3.81. The molecule has 2 aromatic heterocycles. The van der Waals surface area contributed by atoms with Crippen LogP contribution in [0.15, 0.2) is 12.3 Å². The summed E-state index contributed by atoms with van der Waals surface area (Å²) in [5, 5.41) is 17.5. The van der Waals surface area contributed by atoms with E-state index in [9.17, 15) is 18.4 Å². The number of piperazine rings is 1. The van der Waals surface area contributed by atoms with Gasteiger partial charge in [0.05, 0.1) is 11.9 Å². The Labute approximate surface area is 216 Å². The zero-order valence-electron chi connectivity index (χ0n) is 21.9. The van der Waals surface area contributed by atoms with Crippen LogP contribution >= 0.6 is 0 Å². The lowest BCUT2D eigenvalue weighted by atomic mass is 9.71. The van der Waals surface area contributed by atoms with Gasteiger partial charge in [0.1, 0.15) is 17.5 Å². The normalized spacial score (nSPS) is 23.1. The molecule has 0 saturated carbocycles. The Morgan fingerprint density at radius 3 is 2.41 bits per heavy atom. The Morgan fingerprint density at radius 1 is 1.14 bits per heavy atom. The minimum atomic E-state index is -4.71. The third-order valence-electron chi connectivity index (χ3n) is 8.30. The molecule has 3 fully saturated rings. The predicted octanol–water partition coefficient (Wildman–Crippen LogP) is 3.13. The molecule has 3 aliphatic heterocycles. The number of alkyl halides is 3. The molecular weight excluding hydrogens is 481 g/mol. The fourth-order valence-corrected chi connectivity index (χ4v) is 6.29. The van der Waals surface area contributed by atoms with Crippen LogP contribution in [0, 0.1) is 23.7 Å². The molecule has 1 N–H and O–H groups in total. The Hall–Kier alpha value is -2.84. The minimum Gasteiger partial charge on any atom is -0.367 e. The van der Waals surface area contributed by atoms with Crippen LogP contribution in [0.4, 0.5) is 24.7 Å². The lowest BCUT2D eigenvalue weighted by Gasteiger charge is -2.48. The van der Waals surface area contributed by atoms with E-state index < -0.39 is 11.9 Å². The van der Waals surface area contributed by atoms with E-state index in [2.05, 4.69) is 41.1 Å². The van der Waals surface area contributed by atoms with E-state index >= 15 is 0 Å². The number of halogens is 3. The van der Waals surface area contributed by atoms with E-state index in [1.165, 1.54) is 5.69 Å². The van der Waals surface area contributed by atoms with Gasteiger partial charge in [0, 0.05) is 83.1 Å². The molecule has 5 heterocycles. The monoisotopic (exact) mass is 516 g/mol. The summed E-state index contributed by atoms with van der Waals surface area (Å²) in [5.41, 5.74) is 0.964. The van der Waals surface area contributed by atoms with Gasteiger partial charge in [-0.05, 0) is 24.3 Å². The van der Waals surface area contributed by atoms with E-state index in [-0.39, 0.29) is 22.9 Å². The molecule has 200 valence electrons. The molecule has 1 unspecified atom stereocenters. The molecule has 1 atom stereocenters. The number of nitrogens with one attached hydrogen (secondary N) is 1. The molecule has 11 heteroatoms. The van der Waals surface area contributed by atoms with Crippen molar-refractivity contribution in [2.45, 2.75) is 45.3 Å². The Kier molecular flexibility index (Phi) is 6.61. The predicted molar refractivity (Wildman–Crippen MR) is 136 cm³/mol. The molecule has 0 amide bonds. The number of nitrogens with zero attached hydrogens (tertiary/aromatic N) is 7. The molecule has 3 aliphatic rings. The first-order valence-electron chi connectivity index (χ1n) is 12.9. The van der Waals surface area contributed by atoms with Crippen LogP contribution in [0.2, 0.25) is 0 Å². The topological polar surface area (TPSA) is 76.2 Å². The first kappa shape index (κ1) is 25.8. The molecule has 0 bridgehead atoms. The highest BCUT2D eigenvalue weighted by Gasteiger charge is 2.43. The SMILES string of the molecule is Cc1cnn(C)c1C1CCN(c2cc(N3CC(N4CCNCC4)C3)c(C#N)c(C(F)(F)F)n2)CC1(C)C. The van der Waals surface area contributed by atoms with Gasteiger partial charge in [-0.1, -0.05) is 13.8 Å². The summed E-state index contributed by atoms with van der Waals surface area (Å²) >= 11 is 0. The second-order valence-corrected chi connectivity index (χ2v) is 11.3. The zero-order chi connectivity index (χ0) is 26.5. The highest BCUT2D eigenvalue weighted by atomic mass is 19.4. The number of anilines is 2. The standard InChI is InChI=1S/C26H35F3N8/c1-17-13-32-34(4)23(17)20-5-8-36(16-25(20,2)3)22-11-21(19(12-30)24(33-22)26(27,28)29)37-14-18(15-37)35-9-6-31-7-10-35/h11,13,18,20,31H,5-10,14-16H2,1-4H3. The van der Waals surface area contributed by atoms with Crippen molar-refractivity contribution in [2.24, 2.45) is 12.5 Å². The number of pyridine rings is 1. The van der Waals surface area contributed by atoms with Crippen LogP contribution in [0.25, 0.3) is 0 Å². The Bertz CT molecular complexity index is 1170. The Balaban J connectivity index is 1.44. The smallest absolute Gasteiger partial charge is 0.367 e. The van der Waals surface area contributed by atoms with Crippen molar-refractivity contribution in [1.82, 2.24) is 25.0 Å². The van der Waals surface area contributed by atoms with Crippen molar-refractivity contribution >= 4 is 11.5 Å². The van der Waals surface area contributed by atoms with E-state index in [1.54, 1.807) is 6.07 Å². The van der Waals surface area contributed by atoms with Crippen molar-refractivity contribution in [1.29, 1.82) is 5.26 Å². The third kappa shape index (κ3) is 4.77. The summed E-state index contributed by atoms with van der Waals surface area (Å²) in [4.78, 5) is 10.3. The van der Waals surface area contributed by atoms with Crippen LogP contribution in [0.1, 0.15) is 48.7 Å². The molecule has 0 radical (unpaired) electrons. The van der Waals surface area contributed by atoms with Crippen molar-refractivity contribution < 1.29 is 13.2 Å². The highest BCUT2D eigenvalue weighted by molar-refractivity contribution is 5.68. The zero-order valence-corrected chi connectivity index (χ0v) is 21.9. The highest BCUT2D eigenvalue weighted by Crippen LogP contribution is 2.45. The summed E-state index contributed by atoms with van der Waals surface area (Å²) in [6.07, 6.45) is -2.07. The van der Waals surface area contributed by atoms with Crippen LogP contribution in [-0.2, 0) is 13.2 Å². The van der Waals surface area contributed by atoms with Crippen LogP contribution < -0.4 is 15.1 Å². The molecule has 0 spiro atoms. The van der Waals surface area contributed by atoms with Gasteiger partial charge in [-0.2, -0.15) is 23.5 Å². The molecule has 5 rings (SSSR count). The van der Waals surface area contributed by atoms with E-state index in [0.29, 0.717) is 37.7 Å². The minimum absolute atomic E-state index is 0.213. The van der Waals surface area contributed by atoms with Crippen LogP contribution in [0.5, 0.6) is 0 Å². The number of aryl methyl sites for hydroxylation is 2. The maximum absolute atomic E-state index is 14.1. The summed E-state index contributed by atoms with van der Waals surface area (Å²) < 4.78 is 44.3. The van der Waals surface area contributed by atoms with Gasteiger partial charge in [-0.3, -0.25) is 9.58 Å². The quantitative estimate of drug-likeness (QED) is 0.669. The molecule has 8 nitrogen and oxygen atoms in total. The number of nitriles is 1. The average Bonchev–Trinajstić information content (AvgIpc) is 3.14. The first-order valence-corrected chi connectivity index (χ1v) is 12.9. The first-order chi connectivity index (χ1) is 17.5. The largest absolute Gasteiger partial charge is 0.434 e. The molecule has 37 heavy (non-hydrogen) atoms. The summed E-state index contributed by atoms with van der Waals surface area (Å²) in [5.74, 6) is 0.520. The lowest BCUT2D eigenvalue weighted by molar-refractivity contribution is -0.141. The van der Waals surface area contributed by atoms with Crippen molar-refractivity contribution in [3.63, 3.8) is 0 Å². The van der Waals surface area contributed by atoms with Gasteiger partial charge in [-0.25, -0.2) is 4.98 Å². The third-order valence-corrected chi connectivity index (χ3v) is 8.30. The summed E-state index contributed by atoms with van der Waals surface area (Å²) in [7, 11) is 1.94. The second kappa shape index (κ2) is 9.48. The van der Waals surface area contributed by atoms with E-state index in [1.807, 2.05) is 33.8 Å². The fourth-order valence-electron chi connectivity index (χ4n) is 6.29. The van der Waals surface area contributed by atoms with E-state index in [4.69, 9.17) is 0 Å². The average molecular weight is 517 g/mol. The van der Waals surface area contributed by atoms with Crippen molar-refractivity contribution in [3.05, 3.63) is 34.8 Å². The number of hydrogen-bond donors (Lipinski definition) is 1. The fraction of sp³-hybridized carbons (Fsp3) is 0.654. The lowest BCUT2D eigenvalue weighted by Crippen LogP contribution is -2.63. The number of aromatic nitrogens is 3. The van der Waals surface area contributed by atoms with Gasteiger partial charge in [-0.15, -0.1) is 0 Å². The van der Waals surface area contributed by atoms with E-state index in [0.717, 1.165) is 38.2 Å². The van der Waals surface area contributed by atoms with Crippen LogP contribution in [0.3, 0.4) is 0 Å². The van der Waals surface area contributed by atoms with Crippen LogP contribution in [-0.4, -0.2) is 78.1 Å². The number of piperidine rings is 1. The second-order valence-electron chi connectivity index (χ2n) is 11.3. The summed E-state index contributed by atoms with van der Waals surface area (Å²) in [6.45, 7) is 12.4. The molecule has 3 saturated heterocycles. The molecular formula is C26H35F3N8. The van der Waals surface area contributed by atoms with Gasteiger partial charge in [0.15, 0.2) is 5.69 Å². The van der Waals surface area contributed by atoms with Crippen molar-refractivity contribution in [3.8, 4) is 6.07 Å². The number of hydrogen-bond acceptors (Lipinski definition) is 7. The maximum Gasteiger partial charge on any atom is 0.434 e. The van der Waals surface area contributed by atoms with Gasteiger partial charge < -0.3 is 15.1 Å². The molecule has 0 aromatic carbocycles. The molecule has 0 aliphatic carbocycles. The van der Waals surface area contributed by atoms with Gasteiger partial charge in [0.25, 0.3) is 0 Å². The van der Waals surface area contributed by atoms with Gasteiger partial charge in [0.2, 0.25) is 0 Å². The Morgan fingerprint density at radius 2 is 1.84 bits per heavy atom. The maximum atomic E-state index is 14.1. The van der Waals surface area contributed by atoms with Gasteiger partial charge >= 0.3 is 6.18 Å². The van der Waals surface area contributed by atoms with Crippen molar-refractivity contribution in [2.75, 3.05) is 62.2 Å². The molecule has 2 aromatic rings.